The molecule has 122 valence electrons. The van der Waals surface area contributed by atoms with E-state index in [0.29, 0.717) is 19.4 Å². The molecule has 1 aliphatic rings. The van der Waals surface area contributed by atoms with Gasteiger partial charge in [-0.15, -0.1) is 0 Å². The number of hydrogen-bond acceptors (Lipinski definition) is 5. The zero-order chi connectivity index (χ0) is 15.6. The van der Waals surface area contributed by atoms with Gasteiger partial charge in [-0.2, -0.15) is 0 Å². The van der Waals surface area contributed by atoms with Crippen LogP contribution in [0.4, 0.5) is 0 Å². The number of carbonyl (C=O) groups excluding carboxylic acids is 1. The van der Waals surface area contributed by atoms with Crippen molar-refractivity contribution in [3.05, 3.63) is 29.8 Å². The highest BCUT2D eigenvalue weighted by molar-refractivity contribution is 5.75. The van der Waals surface area contributed by atoms with Crippen molar-refractivity contribution in [2.45, 2.75) is 12.8 Å². The van der Waals surface area contributed by atoms with Crippen LogP contribution < -0.4 is 10.2 Å². The van der Waals surface area contributed by atoms with Crippen LogP contribution in [0.3, 0.4) is 0 Å². The number of carbonyl (C=O) groups is 1. The van der Waals surface area contributed by atoms with E-state index in [2.05, 4.69) is 10.4 Å². The van der Waals surface area contributed by atoms with Gasteiger partial charge < -0.3 is 9.47 Å². The van der Waals surface area contributed by atoms with E-state index in [-0.39, 0.29) is 5.91 Å². The Labute approximate surface area is 131 Å². The first kappa shape index (κ1) is 16.7. The fraction of sp³-hybridized carbons (Fsp3) is 0.562. The van der Waals surface area contributed by atoms with Crippen molar-refractivity contribution in [2.75, 3.05) is 46.6 Å². The number of ether oxygens (including phenoxy) is 2. The lowest BCUT2D eigenvalue weighted by molar-refractivity contribution is -0.134. The van der Waals surface area contributed by atoms with Crippen LogP contribution in [-0.2, 0) is 20.8 Å². The number of nitrogens with zero attached hydrogens (tertiary/aromatic N) is 1. The molecule has 6 heteroatoms. The Hall–Kier alpha value is -1.63. The first-order valence-corrected chi connectivity index (χ1v) is 7.61. The smallest absolute Gasteiger partial charge is 0.243 e. The summed E-state index contributed by atoms with van der Waals surface area (Å²) in [6.45, 7) is 4.70. The van der Waals surface area contributed by atoms with Gasteiger partial charge in [0.15, 0.2) is 0 Å². The van der Waals surface area contributed by atoms with Crippen molar-refractivity contribution in [2.24, 2.45) is 0 Å². The molecule has 1 fully saturated rings. The molecule has 2 rings (SSSR count). The van der Waals surface area contributed by atoms with Gasteiger partial charge in [-0.3, -0.25) is 14.5 Å². The third-order valence-electron chi connectivity index (χ3n) is 3.60. The number of nitrogens with one attached hydrogen (secondary N) is 1. The summed E-state index contributed by atoms with van der Waals surface area (Å²) in [4.78, 5) is 19.2. The van der Waals surface area contributed by atoms with E-state index >= 15 is 0 Å². The zero-order valence-electron chi connectivity index (χ0n) is 13.0. The maximum Gasteiger partial charge on any atom is 0.243 e. The van der Waals surface area contributed by atoms with E-state index in [1.54, 1.807) is 7.11 Å². The van der Waals surface area contributed by atoms with Crippen LogP contribution in [-0.4, -0.2) is 57.4 Å². The highest BCUT2D eigenvalue weighted by atomic mass is 16.7. The maximum atomic E-state index is 11.7. The largest absolute Gasteiger partial charge is 0.497 e. The maximum absolute atomic E-state index is 11.7. The topological polar surface area (TPSA) is 60.0 Å². The van der Waals surface area contributed by atoms with Crippen LogP contribution in [0.1, 0.15) is 12.0 Å². The SMILES string of the molecule is COc1ccc(CCC(=O)NOCCN2CCOCC2)cc1. The summed E-state index contributed by atoms with van der Waals surface area (Å²) in [7, 11) is 1.64. The van der Waals surface area contributed by atoms with E-state index in [0.717, 1.165) is 44.2 Å². The second-order valence-corrected chi connectivity index (χ2v) is 5.18. The Balaban J connectivity index is 1.55. The lowest BCUT2D eigenvalue weighted by Crippen LogP contribution is -2.39. The predicted molar refractivity (Wildman–Crippen MR) is 82.7 cm³/mol. The molecule has 1 aromatic rings. The van der Waals surface area contributed by atoms with Gasteiger partial charge >= 0.3 is 0 Å². The minimum Gasteiger partial charge on any atom is -0.497 e. The molecular weight excluding hydrogens is 284 g/mol. The summed E-state index contributed by atoms with van der Waals surface area (Å²) in [5, 5.41) is 0. The molecule has 0 saturated carbocycles. The van der Waals surface area contributed by atoms with Crippen LogP contribution in [0.15, 0.2) is 24.3 Å². The van der Waals surface area contributed by atoms with Crippen molar-refractivity contribution in [3.8, 4) is 5.75 Å². The first-order valence-electron chi connectivity index (χ1n) is 7.61. The molecule has 6 nitrogen and oxygen atoms in total. The van der Waals surface area contributed by atoms with Crippen LogP contribution in [0.25, 0.3) is 0 Å². The number of rotatable bonds is 8. The molecule has 0 atom stereocenters. The molecule has 1 N–H and O–H groups in total. The van der Waals surface area contributed by atoms with Gasteiger partial charge in [0.25, 0.3) is 0 Å². The Morgan fingerprint density at radius 3 is 2.68 bits per heavy atom. The zero-order valence-corrected chi connectivity index (χ0v) is 13.0. The van der Waals surface area contributed by atoms with Crippen LogP contribution in [0.5, 0.6) is 5.75 Å². The van der Waals surface area contributed by atoms with Crippen LogP contribution >= 0.6 is 0 Å². The standard InChI is InChI=1S/C16H24N2O4/c1-20-15-5-2-14(3-6-15)4-7-16(19)17-22-13-10-18-8-11-21-12-9-18/h2-3,5-6H,4,7-13H2,1H3,(H,17,19). The molecule has 22 heavy (non-hydrogen) atoms. The third-order valence-corrected chi connectivity index (χ3v) is 3.60. The number of benzene rings is 1. The molecule has 0 spiro atoms. The molecule has 1 amide bonds. The Kier molecular flexibility index (Phi) is 7.15. The minimum absolute atomic E-state index is 0.0993. The summed E-state index contributed by atoms with van der Waals surface area (Å²) < 4.78 is 10.4. The molecule has 0 aromatic heterocycles. The normalized spacial score (nSPS) is 15.5. The van der Waals surface area contributed by atoms with Gasteiger partial charge in [0.2, 0.25) is 5.91 Å². The van der Waals surface area contributed by atoms with E-state index in [1.807, 2.05) is 24.3 Å². The van der Waals surface area contributed by atoms with E-state index < -0.39 is 0 Å². The molecule has 1 aromatic carbocycles. The Morgan fingerprint density at radius 2 is 2.00 bits per heavy atom. The summed E-state index contributed by atoms with van der Waals surface area (Å²) >= 11 is 0. The number of methoxy groups -OCH3 is 1. The summed E-state index contributed by atoms with van der Waals surface area (Å²) in [6, 6.07) is 7.72. The van der Waals surface area contributed by atoms with Gasteiger partial charge in [0.05, 0.1) is 26.9 Å². The highest BCUT2D eigenvalue weighted by Crippen LogP contribution is 2.12. The van der Waals surface area contributed by atoms with Crippen molar-refractivity contribution in [3.63, 3.8) is 0 Å². The van der Waals surface area contributed by atoms with Crippen molar-refractivity contribution >= 4 is 5.91 Å². The fourth-order valence-corrected chi connectivity index (χ4v) is 2.23. The van der Waals surface area contributed by atoms with E-state index in [1.165, 1.54) is 0 Å². The number of amides is 1. The third kappa shape index (κ3) is 6.01. The highest BCUT2D eigenvalue weighted by Gasteiger charge is 2.10. The molecule has 0 radical (unpaired) electrons. The summed E-state index contributed by atoms with van der Waals surface area (Å²) in [6.07, 6.45) is 1.09. The van der Waals surface area contributed by atoms with Gasteiger partial charge in [0, 0.05) is 26.1 Å². The lowest BCUT2D eigenvalue weighted by Gasteiger charge is -2.26. The van der Waals surface area contributed by atoms with Crippen molar-refractivity contribution in [1.29, 1.82) is 0 Å². The Bertz CT molecular complexity index is 444. The minimum atomic E-state index is -0.0993. The average Bonchev–Trinajstić information content (AvgIpc) is 2.58. The second kappa shape index (κ2) is 9.40. The van der Waals surface area contributed by atoms with Crippen molar-refractivity contribution < 1.29 is 19.1 Å². The molecule has 1 saturated heterocycles. The van der Waals surface area contributed by atoms with Crippen LogP contribution in [0.2, 0.25) is 0 Å². The summed E-state index contributed by atoms with van der Waals surface area (Å²) in [5.74, 6) is 0.720. The first-order chi connectivity index (χ1) is 10.8. The Morgan fingerprint density at radius 1 is 1.27 bits per heavy atom. The predicted octanol–water partition coefficient (Wildman–Crippen LogP) is 1.01. The number of hydrogen-bond donors (Lipinski definition) is 1. The number of aryl methyl sites for hydroxylation is 1. The molecular formula is C16H24N2O4. The average molecular weight is 308 g/mol. The molecule has 0 unspecified atom stereocenters. The molecule has 0 aliphatic carbocycles. The van der Waals surface area contributed by atoms with E-state index in [9.17, 15) is 4.79 Å². The lowest BCUT2D eigenvalue weighted by atomic mass is 10.1. The van der Waals surface area contributed by atoms with Gasteiger partial charge in [-0.25, -0.2) is 5.48 Å². The van der Waals surface area contributed by atoms with Gasteiger partial charge in [-0.05, 0) is 24.1 Å². The fourth-order valence-electron chi connectivity index (χ4n) is 2.23. The van der Waals surface area contributed by atoms with E-state index in [4.69, 9.17) is 14.3 Å². The van der Waals surface area contributed by atoms with Gasteiger partial charge in [-0.1, -0.05) is 12.1 Å². The summed E-state index contributed by atoms with van der Waals surface area (Å²) in [5.41, 5.74) is 3.59. The molecule has 1 aliphatic heterocycles. The van der Waals surface area contributed by atoms with Crippen LogP contribution in [0, 0.1) is 0 Å². The second-order valence-electron chi connectivity index (χ2n) is 5.18. The van der Waals surface area contributed by atoms with Gasteiger partial charge in [0.1, 0.15) is 5.75 Å². The molecule has 1 heterocycles. The molecule has 0 bridgehead atoms. The monoisotopic (exact) mass is 308 g/mol. The quantitative estimate of drug-likeness (QED) is 0.574. The number of hydroxylamine groups is 1. The number of morpholine rings is 1. The van der Waals surface area contributed by atoms with Crippen molar-refractivity contribution in [1.82, 2.24) is 10.4 Å².